The molecule has 1 aliphatic carbocycles. The number of likely N-dealkylation sites (N-methyl/N-ethyl adjacent to an activating group) is 1. The molecule has 0 aromatic heterocycles. The number of hydrogen-bond acceptors (Lipinski definition) is 5. The molecule has 1 saturated carbocycles. The Labute approximate surface area is 137 Å². The topological polar surface area (TPSA) is 79.3 Å². The molecule has 1 saturated heterocycles. The molecule has 1 aliphatic heterocycles. The fraction of sp³-hybridized carbons (Fsp3) is 0.875. The summed E-state index contributed by atoms with van der Waals surface area (Å²) in [5, 5.41) is 9.43. The second kappa shape index (κ2) is 6.28. The summed E-state index contributed by atoms with van der Waals surface area (Å²) in [6.45, 7) is 7.25. The van der Waals surface area contributed by atoms with E-state index in [9.17, 15) is 14.7 Å². The van der Waals surface area contributed by atoms with Crippen LogP contribution in [0.3, 0.4) is 0 Å². The highest BCUT2D eigenvalue weighted by molar-refractivity contribution is 5.82. The number of carboxylic acids is 1. The Kier molecular flexibility index (Phi) is 4.92. The third-order valence-corrected chi connectivity index (χ3v) is 4.38. The molecule has 7 heteroatoms. The fourth-order valence-corrected chi connectivity index (χ4v) is 3.15. The van der Waals surface area contributed by atoms with Crippen molar-refractivity contribution in [3.8, 4) is 0 Å². The van der Waals surface area contributed by atoms with Crippen molar-refractivity contribution in [2.75, 3.05) is 33.9 Å². The predicted octanol–water partition coefficient (Wildman–Crippen LogP) is 1.42. The summed E-state index contributed by atoms with van der Waals surface area (Å²) in [5.41, 5.74) is -0.852. The van der Waals surface area contributed by atoms with Gasteiger partial charge in [-0.15, -0.1) is 0 Å². The van der Waals surface area contributed by atoms with Gasteiger partial charge < -0.3 is 19.5 Å². The first-order valence-corrected chi connectivity index (χ1v) is 8.02. The van der Waals surface area contributed by atoms with Crippen LogP contribution in [0.25, 0.3) is 0 Å². The molecule has 132 valence electrons. The summed E-state index contributed by atoms with van der Waals surface area (Å²) in [6.07, 6.45) is 0.689. The Bertz CT molecular complexity index is 474. The number of rotatable bonds is 6. The average Bonchev–Trinajstić information content (AvgIpc) is 2.97. The Morgan fingerprint density at radius 3 is 2.48 bits per heavy atom. The van der Waals surface area contributed by atoms with E-state index >= 15 is 0 Å². The molecule has 1 N–H and O–H groups in total. The van der Waals surface area contributed by atoms with Crippen molar-refractivity contribution in [1.29, 1.82) is 0 Å². The van der Waals surface area contributed by atoms with Crippen LogP contribution < -0.4 is 0 Å². The van der Waals surface area contributed by atoms with Gasteiger partial charge in [-0.1, -0.05) is 0 Å². The van der Waals surface area contributed by atoms with Crippen LogP contribution in [0, 0.1) is 5.41 Å². The Morgan fingerprint density at radius 2 is 1.96 bits per heavy atom. The molecule has 1 amide bonds. The van der Waals surface area contributed by atoms with E-state index in [-0.39, 0.29) is 11.5 Å². The molecule has 2 fully saturated rings. The van der Waals surface area contributed by atoms with Gasteiger partial charge in [0.2, 0.25) is 0 Å². The molecule has 0 bridgehead atoms. The summed E-state index contributed by atoms with van der Waals surface area (Å²) in [7, 11) is 3.95. The molecule has 0 aromatic rings. The predicted molar refractivity (Wildman–Crippen MR) is 84.3 cm³/mol. The van der Waals surface area contributed by atoms with Crippen molar-refractivity contribution in [2.45, 2.75) is 51.3 Å². The van der Waals surface area contributed by atoms with Gasteiger partial charge in [0.05, 0.1) is 13.2 Å². The number of amides is 1. The molecule has 3 atom stereocenters. The summed E-state index contributed by atoms with van der Waals surface area (Å²) in [4.78, 5) is 27.3. The molecular formula is C16H28N2O5. The maximum Gasteiger partial charge on any atom is 0.411 e. The molecule has 0 aromatic carbocycles. The quantitative estimate of drug-likeness (QED) is 0.743. The minimum absolute atomic E-state index is 0.0854. The van der Waals surface area contributed by atoms with Gasteiger partial charge in [-0.3, -0.25) is 4.90 Å². The van der Waals surface area contributed by atoms with Crippen LogP contribution in [0.1, 0.15) is 33.6 Å². The molecule has 2 rings (SSSR count). The SMILES string of the molecule is CN(C)CCOC[C@]12CC1N(C(=O)OC(C)(C)C)[C@H](C(=O)O)C2. The highest BCUT2D eigenvalue weighted by atomic mass is 16.6. The van der Waals surface area contributed by atoms with E-state index in [1.807, 2.05) is 19.0 Å². The van der Waals surface area contributed by atoms with E-state index in [2.05, 4.69) is 0 Å². The van der Waals surface area contributed by atoms with E-state index in [0.717, 1.165) is 13.0 Å². The monoisotopic (exact) mass is 328 g/mol. The number of fused-ring (bicyclic) bond motifs is 1. The van der Waals surface area contributed by atoms with Gasteiger partial charge in [-0.2, -0.15) is 0 Å². The Balaban J connectivity index is 1.98. The lowest BCUT2D eigenvalue weighted by Gasteiger charge is -2.28. The maximum absolute atomic E-state index is 12.4. The number of ether oxygens (including phenoxy) is 2. The number of likely N-dealkylation sites (tertiary alicyclic amines) is 1. The third-order valence-electron chi connectivity index (χ3n) is 4.38. The highest BCUT2D eigenvalue weighted by Crippen LogP contribution is 2.59. The largest absolute Gasteiger partial charge is 0.480 e. The first kappa shape index (κ1) is 18.0. The van der Waals surface area contributed by atoms with E-state index in [1.54, 1.807) is 20.8 Å². The van der Waals surface area contributed by atoms with E-state index in [1.165, 1.54) is 4.90 Å². The number of carbonyl (C=O) groups is 2. The standard InChI is InChI=1S/C16H28N2O5/c1-15(2,3)23-14(21)18-11(13(19)20)8-16(9-12(16)18)10-22-7-6-17(4)5/h11-12H,6-10H2,1-5H3,(H,19,20)/t11-,12?,16-/m0/s1. The number of carbonyl (C=O) groups excluding carboxylic acids is 1. The molecule has 23 heavy (non-hydrogen) atoms. The Morgan fingerprint density at radius 1 is 1.30 bits per heavy atom. The molecule has 0 radical (unpaired) electrons. The van der Waals surface area contributed by atoms with Crippen molar-refractivity contribution < 1.29 is 24.2 Å². The van der Waals surface area contributed by atoms with Gasteiger partial charge in [0.25, 0.3) is 0 Å². The first-order valence-electron chi connectivity index (χ1n) is 8.02. The zero-order valence-corrected chi connectivity index (χ0v) is 14.7. The molecular weight excluding hydrogens is 300 g/mol. The van der Waals surface area contributed by atoms with Crippen molar-refractivity contribution in [2.24, 2.45) is 5.41 Å². The minimum Gasteiger partial charge on any atom is -0.480 e. The zero-order valence-electron chi connectivity index (χ0n) is 14.7. The van der Waals surface area contributed by atoms with Crippen LogP contribution >= 0.6 is 0 Å². The number of hydrogen-bond donors (Lipinski definition) is 1. The van der Waals surface area contributed by atoms with Crippen molar-refractivity contribution in [3.05, 3.63) is 0 Å². The van der Waals surface area contributed by atoms with Crippen LogP contribution in [0.5, 0.6) is 0 Å². The smallest absolute Gasteiger partial charge is 0.411 e. The molecule has 1 unspecified atom stereocenters. The number of aliphatic carboxylic acids is 1. The Hall–Kier alpha value is -1.34. The van der Waals surface area contributed by atoms with Crippen LogP contribution in [-0.2, 0) is 14.3 Å². The number of piperidine rings is 1. The van der Waals surface area contributed by atoms with Crippen molar-refractivity contribution >= 4 is 12.1 Å². The lowest BCUT2D eigenvalue weighted by Crippen LogP contribution is -2.45. The normalized spacial score (nSPS) is 29.6. The van der Waals surface area contributed by atoms with Gasteiger partial charge in [-0.05, 0) is 47.7 Å². The van der Waals surface area contributed by atoms with Gasteiger partial charge in [0, 0.05) is 18.0 Å². The fourth-order valence-electron chi connectivity index (χ4n) is 3.15. The van der Waals surface area contributed by atoms with Crippen molar-refractivity contribution in [1.82, 2.24) is 9.80 Å². The van der Waals surface area contributed by atoms with Crippen LogP contribution in [0.4, 0.5) is 4.79 Å². The zero-order chi connectivity index (χ0) is 17.4. The lowest BCUT2D eigenvalue weighted by atomic mass is 10.0. The van der Waals surface area contributed by atoms with E-state index < -0.39 is 23.7 Å². The van der Waals surface area contributed by atoms with Crippen LogP contribution in [0.2, 0.25) is 0 Å². The average molecular weight is 328 g/mol. The van der Waals surface area contributed by atoms with E-state index in [0.29, 0.717) is 19.6 Å². The van der Waals surface area contributed by atoms with Gasteiger partial charge in [-0.25, -0.2) is 9.59 Å². The summed E-state index contributed by atoms with van der Waals surface area (Å²) < 4.78 is 11.1. The molecule has 0 spiro atoms. The molecule has 2 aliphatic rings. The van der Waals surface area contributed by atoms with Gasteiger partial charge >= 0.3 is 12.1 Å². The van der Waals surface area contributed by atoms with Gasteiger partial charge in [0.15, 0.2) is 0 Å². The summed E-state index contributed by atoms with van der Waals surface area (Å²) in [6, 6.07) is -0.904. The van der Waals surface area contributed by atoms with Crippen LogP contribution in [0.15, 0.2) is 0 Å². The molecule has 1 heterocycles. The highest BCUT2D eigenvalue weighted by Gasteiger charge is 2.68. The number of nitrogens with zero attached hydrogens (tertiary/aromatic N) is 2. The van der Waals surface area contributed by atoms with E-state index in [4.69, 9.17) is 9.47 Å². The first-order chi connectivity index (χ1) is 10.6. The second-order valence-corrected chi connectivity index (χ2v) is 7.88. The second-order valence-electron chi connectivity index (χ2n) is 7.88. The lowest BCUT2D eigenvalue weighted by molar-refractivity contribution is -0.142. The van der Waals surface area contributed by atoms with Crippen LogP contribution in [-0.4, -0.2) is 78.5 Å². The maximum atomic E-state index is 12.4. The summed E-state index contributed by atoms with van der Waals surface area (Å²) >= 11 is 0. The van der Waals surface area contributed by atoms with Crippen molar-refractivity contribution in [3.63, 3.8) is 0 Å². The van der Waals surface area contributed by atoms with Gasteiger partial charge in [0.1, 0.15) is 11.6 Å². The molecule has 7 nitrogen and oxygen atoms in total. The summed E-state index contributed by atoms with van der Waals surface area (Å²) in [5.74, 6) is -0.976. The third kappa shape index (κ3) is 4.14. The number of carboxylic acid groups (broad SMARTS) is 1. The minimum atomic E-state index is -0.976.